The summed E-state index contributed by atoms with van der Waals surface area (Å²) >= 11 is 0. The van der Waals surface area contributed by atoms with Crippen LogP contribution in [0.4, 0.5) is 5.69 Å². The third-order valence-electron chi connectivity index (χ3n) is 2.55. The fraction of sp³-hybridized carbons (Fsp3) is 0.231. The number of hydrogen-bond acceptors (Lipinski definition) is 3. The maximum atomic E-state index is 8.82. The minimum absolute atomic E-state index is 0.000577. The van der Waals surface area contributed by atoms with Crippen LogP contribution in [0, 0.1) is 0 Å². The van der Waals surface area contributed by atoms with Crippen molar-refractivity contribution >= 4 is 16.5 Å². The molecule has 16 heavy (non-hydrogen) atoms. The number of nitrogens with one attached hydrogen (secondary N) is 1. The van der Waals surface area contributed by atoms with E-state index in [0.717, 1.165) is 5.69 Å². The van der Waals surface area contributed by atoms with Crippen LogP contribution < -0.4 is 11.1 Å². The van der Waals surface area contributed by atoms with Gasteiger partial charge in [-0.2, -0.15) is 0 Å². The first-order chi connectivity index (χ1) is 7.79. The normalized spacial score (nSPS) is 12.6. The SMILES string of the molecule is NC(CO)CNc1ccc2ccccc2c1. The van der Waals surface area contributed by atoms with Crippen LogP contribution in [0.15, 0.2) is 42.5 Å². The summed E-state index contributed by atoms with van der Waals surface area (Å²) in [6.07, 6.45) is 0. The summed E-state index contributed by atoms with van der Waals surface area (Å²) in [6, 6.07) is 14.2. The molecule has 1 unspecified atom stereocenters. The molecule has 0 spiro atoms. The highest BCUT2D eigenvalue weighted by molar-refractivity contribution is 5.85. The number of aliphatic hydroxyl groups excluding tert-OH is 1. The van der Waals surface area contributed by atoms with Crippen LogP contribution in [0.1, 0.15) is 0 Å². The first kappa shape index (κ1) is 10.9. The Kier molecular flexibility index (Phi) is 3.39. The molecular formula is C13H16N2O. The molecule has 4 N–H and O–H groups in total. The van der Waals surface area contributed by atoms with Gasteiger partial charge in [-0.05, 0) is 22.9 Å². The van der Waals surface area contributed by atoms with Crippen molar-refractivity contribution in [3.63, 3.8) is 0 Å². The molecule has 1 atom stereocenters. The predicted octanol–water partition coefficient (Wildman–Crippen LogP) is 1.57. The second-order valence-corrected chi connectivity index (χ2v) is 3.89. The van der Waals surface area contributed by atoms with E-state index in [1.807, 2.05) is 18.2 Å². The smallest absolute Gasteiger partial charge is 0.0599 e. The molecule has 2 aromatic rings. The Morgan fingerprint density at radius 1 is 1.12 bits per heavy atom. The minimum atomic E-state index is -0.216. The lowest BCUT2D eigenvalue weighted by molar-refractivity contribution is 0.270. The topological polar surface area (TPSA) is 58.3 Å². The lowest BCUT2D eigenvalue weighted by Crippen LogP contribution is -2.32. The standard InChI is InChI=1S/C13H16N2O/c14-12(9-16)8-15-13-6-5-10-3-1-2-4-11(10)7-13/h1-7,12,15-16H,8-9,14H2. The average molecular weight is 216 g/mol. The van der Waals surface area contributed by atoms with Gasteiger partial charge in [-0.15, -0.1) is 0 Å². The number of rotatable bonds is 4. The molecule has 2 rings (SSSR count). The average Bonchev–Trinajstić information content (AvgIpc) is 2.35. The summed E-state index contributed by atoms with van der Waals surface area (Å²) in [5.74, 6) is 0. The van der Waals surface area contributed by atoms with E-state index in [0.29, 0.717) is 6.54 Å². The molecule has 0 amide bonds. The summed E-state index contributed by atoms with van der Waals surface area (Å²) in [5, 5.41) is 14.4. The van der Waals surface area contributed by atoms with Crippen LogP contribution >= 0.6 is 0 Å². The molecule has 0 aliphatic heterocycles. The number of benzene rings is 2. The van der Waals surface area contributed by atoms with Gasteiger partial charge in [0.05, 0.1) is 6.61 Å². The van der Waals surface area contributed by atoms with Gasteiger partial charge in [0.25, 0.3) is 0 Å². The van der Waals surface area contributed by atoms with Crippen molar-refractivity contribution in [1.82, 2.24) is 0 Å². The van der Waals surface area contributed by atoms with Gasteiger partial charge < -0.3 is 16.2 Å². The zero-order valence-electron chi connectivity index (χ0n) is 9.06. The summed E-state index contributed by atoms with van der Waals surface area (Å²) in [5.41, 5.74) is 6.65. The first-order valence-electron chi connectivity index (χ1n) is 5.38. The lowest BCUT2D eigenvalue weighted by Gasteiger charge is -2.11. The van der Waals surface area contributed by atoms with Gasteiger partial charge in [-0.1, -0.05) is 30.3 Å². The van der Waals surface area contributed by atoms with E-state index in [2.05, 4.69) is 29.6 Å². The lowest BCUT2D eigenvalue weighted by atomic mass is 10.1. The highest BCUT2D eigenvalue weighted by Gasteiger charge is 2.00. The highest BCUT2D eigenvalue weighted by Crippen LogP contribution is 2.18. The molecule has 2 aromatic carbocycles. The van der Waals surface area contributed by atoms with Crippen molar-refractivity contribution in [2.24, 2.45) is 5.73 Å². The Bertz CT molecular complexity index is 470. The van der Waals surface area contributed by atoms with E-state index in [-0.39, 0.29) is 12.6 Å². The molecule has 0 fully saturated rings. The van der Waals surface area contributed by atoms with Crippen molar-refractivity contribution < 1.29 is 5.11 Å². The van der Waals surface area contributed by atoms with E-state index in [1.54, 1.807) is 0 Å². The van der Waals surface area contributed by atoms with Crippen LogP contribution in [-0.2, 0) is 0 Å². The summed E-state index contributed by atoms with van der Waals surface area (Å²) < 4.78 is 0. The molecule has 3 heteroatoms. The number of hydrogen-bond donors (Lipinski definition) is 3. The maximum absolute atomic E-state index is 8.82. The van der Waals surface area contributed by atoms with E-state index >= 15 is 0 Å². The largest absolute Gasteiger partial charge is 0.395 e. The Hall–Kier alpha value is -1.58. The fourth-order valence-electron chi connectivity index (χ4n) is 1.61. The molecule has 0 saturated heterocycles. The van der Waals surface area contributed by atoms with E-state index in [9.17, 15) is 0 Å². The van der Waals surface area contributed by atoms with Gasteiger partial charge in [0, 0.05) is 18.3 Å². The molecule has 0 aromatic heterocycles. The van der Waals surface area contributed by atoms with Crippen LogP contribution in [0.2, 0.25) is 0 Å². The van der Waals surface area contributed by atoms with E-state index in [4.69, 9.17) is 10.8 Å². The van der Waals surface area contributed by atoms with E-state index < -0.39 is 0 Å². The van der Waals surface area contributed by atoms with Gasteiger partial charge in [-0.25, -0.2) is 0 Å². The maximum Gasteiger partial charge on any atom is 0.0599 e. The van der Waals surface area contributed by atoms with Crippen molar-refractivity contribution in [3.05, 3.63) is 42.5 Å². The Labute approximate surface area is 94.9 Å². The molecule has 0 aliphatic rings. The number of fused-ring (bicyclic) bond motifs is 1. The molecule has 0 saturated carbocycles. The van der Waals surface area contributed by atoms with Crippen LogP contribution in [-0.4, -0.2) is 24.3 Å². The Morgan fingerprint density at radius 2 is 1.88 bits per heavy atom. The van der Waals surface area contributed by atoms with Crippen molar-refractivity contribution in [2.45, 2.75) is 6.04 Å². The molecule has 0 heterocycles. The summed E-state index contributed by atoms with van der Waals surface area (Å²) in [4.78, 5) is 0. The number of nitrogens with two attached hydrogens (primary N) is 1. The second-order valence-electron chi connectivity index (χ2n) is 3.89. The molecule has 3 nitrogen and oxygen atoms in total. The molecular weight excluding hydrogens is 200 g/mol. The first-order valence-corrected chi connectivity index (χ1v) is 5.38. The third-order valence-corrected chi connectivity index (χ3v) is 2.55. The van der Waals surface area contributed by atoms with Gasteiger partial charge in [0.15, 0.2) is 0 Å². The summed E-state index contributed by atoms with van der Waals surface area (Å²) in [6.45, 7) is 0.579. The van der Waals surface area contributed by atoms with Crippen LogP contribution in [0.5, 0.6) is 0 Å². The fourth-order valence-corrected chi connectivity index (χ4v) is 1.61. The number of anilines is 1. The van der Waals surface area contributed by atoms with Crippen LogP contribution in [0.25, 0.3) is 10.8 Å². The van der Waals surface area contributed by atoms with Crippen molar-refractivity contribution in [2.75, 3.05) is 18.5 Å². The predicted molar refractivity (Wildman–Crippen MR) is 67.5 cm³/mol. The van der Waals surface area contributed by atoms with Crippen LogP contribution in [0.3, 0.4) is 0 Å². The zero-order chi connectivity index (χ0) is 11.4. The summed E-state index contributed by atoms with van der Waals surface area (Å²) in [7, 11) is 0. The second kappa shape index (κ2) is 4.96. The Balaban J connectivity index is 2.13. The van der Waals surface area contributed by atoms with Crippen molar-refractivity contribution in [3.8, 4) is 0 Å². The minimum Gasteiger partial charge on any atom is -0.395 e. The van der Waals surface area contributed by atoms with Crippen molar-refractivity contribution in [1.29, 1.82) is 0 Å². The van der Waals surface area contributed by atoms with Gasteiger partial charge in [-0.3, -0.25) is 0 Å². The molecule has 0 aliphatic carbocycles. The Morgan fingerprint density at radius 3 is 2.62 bits per heavy atom. The van der Waals surface area contributed by atoms with Gasteiger partial charge in [0.2, 0.25) is 0 Å². The van der Waals surface area contributed by atoms with E-state index in [1.165, 1.54) is 10.8 Å². The quantitative estimate of drug-likeness (QED) is 0.727. The molecule has 0 radical (unpaired) electrons. The number of aliphatic hydroxyl groups is 1. The monoisotopic (exact) mass is 216 g/mol. The van der Waals surface area contributed by atoms with Gasteiger partial charge >= 0.3 is 0 Å². The third kappa shape index (κ3) is 2.51. The highest BCUT2D eigenvalue weighted by atomic mass is 16.3. The molecule has 0 bridgehead atoms. The zero-order valence-corrected chi connectivity index (χ0v) is 9.06. The van der Waals surface area contributed by atoms with Gasteiger partial charge in [0.1, 0.15) is 0 Å². The molecule has 84 valence electrons.